The van der Waals surface area contributed by atoms with Crippen LogP contribution < -0.4 is 0 Å². The highest BCUT2D eigenvalue weighted by atomic mass is 16.5. The number of likely N-dealkylation sites (tertiary alicyclic amines) is 1. The van der Waals surface area contributed by atoms with Crippen LogP contribution in [0.5, 0.6) is 0 Å². The molecule has 1 spiro atoms. The third-order valence-corrected chi connectivity index (χ3v) is 5.27. The third-order valence-electron chi connectivity index (χ3n) is 5.27. The lowest BCUT2D eigenvalue weighted by molar-refractivity contribution is -0.140. The minimum atomic E-state index is 0.162. The number of nitrogens with zero attached hydrogens (tertiary/aromatic N) is 2. The van der Waals surface area contributed by atoms with Crippen LogP contribution in [0.4, 0.5) is 0 Å². The summed E-state index contributed by atoms with van der Waals surface area (Å²) in [5.41, 5.74) is 0.162. The van der Waals surface area contributed by atoms with Crippen molar-refractivity contribution in [3.63, 3.8) is 0 Å². The number of hydrogen-bond donors (Lipinski definition) is 0. The predicted octanol–water partition coefficient (Wildman–Crippen LogP) is 1.21. The van der Waals surface area contributed by atoms with Gasteiger partial charge in [0.25, 0.3) is 0 Å². The van der Waals surface area contributed by atoms with Crippen LogP contribution in [0.25, 0.3) is 0 Å². The van der Waals surface area contributed by atoms with Crippen LogP contribution in [0.3, 0.4) is 0 Å². The van der Waals surface area contributed by atoms with E-state index in [2.05, 4.69) is 16.8 Å². The van der Waals surface area contributed by atoms with Crippen molar-refractivity contribution < 1.29 is 9.47 Å². The molecule has 0 atom stereocenters. The van der Waals surface area contributed by atoms with E-state index in [-0.39, 0.29) is 5.60 Å². The van der Waals surface area contributed by atoms with Crippen molar-refractivity contribution in [3.05, 3.63) is 0 Å². The van der Waals surface area contributed by atoms with Crippen molar-refractivity contribution in [2.75, 3.05) is 53.5 Å². The predicted molar refractivity (Wildman–Crippen MR) is 75.4 cm³/mol. The Bertz CT molecular complexity index is 297. The van der Waals surface area contributed by atoms with E-state index in [9.17, 15) is 0 Å². The zero-order valence-electron chi connectivity index (χ0n) is 12.4. The molecule has 2 saturated heterocycles. The maximum atomic E-state index is 6.17. The van der Waals surface area contributed by atoms with Gasteiger partial charge in [0.15, 0.2) is 0 Å². The van der Waals surface area contributed by atoms with Crippen LogP contribution in [-0.2, 0) is 9.47 Å². The van der Waals surface area contributed by atoms with Gasteiger partial charge in [-0.15, -0.1) is 0 Å². The summed E-state index contributed by atoms with van der Waals surface area (Å²) < 4.78 is 11.5. The monoisotopic (exact) mass is 268 g/mol. The first-order valence-corrected chi connectivity index (χ1v) is 7.77. The van der Waals surface area contributed by atoms with Crippen molar-refractivity contribution in [2.45, 2.75) is 37.4 Å². The van der Waals surface area contributed by atoms with Crippen molar-refractivity contribution in [2.24, 2.45) is 5.92 Å². The molecule has 2 aliphatic heterocycles. The molecule has 2 heterocycles. The quantitative estimate of drug-likeness (QED) is 0.768. The molecule has 3 aliphatic rings. The van der Waals surface area contributed by atoms with Gasteiger partial charge in [-0.3, -0.25) is 4.90 Å². The van der Waals surface area contributed by atoms with E-state index in [0.717, 1.165) is 25.6 Å². The molecule has 0 aromatic rings. The normalized spacial score (nSPS) is 36.3. The molecule has 0 amide bonds. The molecule has 0 aromatic heterocycles. The fourth-order valence-corrected chi connectivity index (χ4v) is 3.79. The molecule has 3 fully saturated rings. The van der Waals surface area contributed by atoms with E-state index >= 15 is 0 Å². The highest BCUT2D eigenvalue weighted by Gasteiger charge is 2.40. The van der Waals surface area contributed by atoms with Gasteiger partial charge >= 0.3 is 0 Å². The Morgan fingerprint density at radius 1 is 1.21 bits per heavy atom. The maximum absolute atomic E-state index is 6.17. The van der Waals surface area contributed by atoms with E-state index in [1.165, 1.54) is 45.3 Å². The van der Waals surface area contributed by atoms with E-state index in [1.54, 1.807) is 0 Å². The average Bonchev–Trinajstić information content (AvgIpc) is 2.38. The molecule has 1 aliphatic carbocycles. The van der Waals surface area contributed by atoms with Crippen LogP contribution in [0.15, 0.2) is 0 Å². The molecule has 0 radical (unpaired) electrons. The smallest absolute Gasteiger partial charge is 0.0833 e. The second kappa shape index (κ2) is 5.68. The molecule has 0 bridgehead atoms. The second-order valence-corrected chi connectivity index (χ2v) is 6.77. The highest BCUT2D eigenvalue weighted by molar-refractivity contribution is 4.93. The summed E-state index contributed by atoms with van der Waals surface area (Å²) in [7, 11) is 4.05. The molecule has 0 N–H and O–H groups in total. The Balaban J connectivity index is 1.48. The van der Waals surface area contributed by atoms with Crippen molar-refractivity contribution in [1.82, 2.24) is 9.80 Å². The molecule has 0 aromatic carbocycles. The first kappa shape index (κ1) is 13.8. The summed E-state index contributed by atoms with van der Waals surface area (Å²) in [6, 6.07) is 0. The van der Waals surface area contributed by atoms with Crippen LogP contribution in [-0.4, -0.2) is 75.0 Å². The van der Waals surface area contributed by atoms with Crippen molar-refractivity contribution in [3.8, 4) is 0 Å². The topological polar surface area (TPSA) is 24.9 Å². The van der Waals surface area contributed by atoms with Gasteiger partial charge in [-0.05, 0) is 38.6 Å². The molecule has 1 saturated carbocycles. The molecule has 4 nitrogen and oxygen atoms in total. The molecular formula is C15H28N2O2. The zero-order chi connectivity index (χ0) is 13.3. The molecular weight excluding hydrogens is 240 g/mol. The van der Waals surface area contributed by atoms with Crippen LogP contribution in [0.2, 0.25) is 0 Å². The summed E-state index contributed by atoms with van der Waals surface area (Å²) in [4.78, 5) is 5.06. The van der Waals surface area contributed by atoms with Crippen LogP contribution in [0, 0.1) is 5.92 Å². The first-order valence-electron chi connectivity index (χ1n) is 7.77. The van der Waals surface area contributed by atoms with Gasteiger partial charge in [0, 0.05) is 39.8 Å². The summed E-state index contributed by atoms with van der Waals surface area (Å²) >= 11 is 0. The third kappa shape index (κ3) is 3.13. The Morgan fingerprint density at radius 2 is 1.95 bits per heavy atom. The lowest BCUT2D eigenvalue weighted by Crippen LogP contribution is -2.57. The minimum absolute atomic E-state index is 0.162. The second-order valence-electron chi connectivity index (χ2n) is 6.77. The lowest BCUT2D eigenvalue weighted by Gasteiger charge is -2.48. The highest BCUT2D eigenvalue weighted by Crippen LogP contribution is 2.33. The van der Waals surface area contributed by atoms with Gasteiger partial charge in [-0.25, -0.2) is 0 Å². The Labute approximate surface area is 117 Å². The first-order chi connectivity index (χ1) is 9.19. The number of ether oxygens (including phenoxy) is 2. The maximum Gasteiger partial charge on any atom is 0.0833 e. The zero-order valence-corrected chi connectivity index (χ0v) is 12.4. The molecule has 3 rings (SSSR count). The van der Waals surface area contributed by atoms with Gasteiger partial charge in [0.1, 0.15) is 0 Å². The minimum Gasteiger partial charge on any atom is -0.381 e. The number of rotatable bonds is 3. The number of piperidine rings is 1. The van der Waals surface area contributed by atoms with Gasteiger partial charge in [0.2, 0.25) is 0 Å². The molecule has 19 heavy (non-hydrogen) atoms. The van der Waals surface area contributed by atoms with Crippen LogP contribution in [0.1, 0.15) is 25.7 Å². The van der Waals surface area contributed by atoms with E-state index in [1.807, 2.05) is 7.11 Å². The van der Waals surface area contributed by atoms with Crippen molar-refractivity contribution >= 4 is 0 Å². The Kier molecular flexibility index (Phi) is 4.13. The van der Waals surface area contributed by atoms with Crippen LogP contribution >= 0.6 is 0 Å². The van der Waals surface area contributed by atoms with E-state index in [4.69, 9.17) is 9.47 Å². The number of morpholine rings is 1. The standard InChI is InChI=1S/C15H28N2O2/c1-16-5-3-15(4-6-16)12-17(7-8-19-15)11-13-9-14(10-13)18-2/h13-14H,3-12H2,1-2H3. The Hall–Kier alpha value is -0.160. The lowest BCUT2D eigenvalue weighted by atomic mass is 9.81. The summed E-state index contributed by atoms with van der Waals surface area (Å²) in [5.74, 6) is 0.853. The summed E-state index contributed by atoms with van der Waals surface area (Å²) in [6.45, 7) is 6.80. The van der Waals surface area contributed by atoms with Gasteiger partial charge < -0.3 is 14.4 Å². The Morgan fingerprint density at radius 3 is 2.63 bits per heavy atom. The van der Waals surface area contributed by atoms with Gasteiger partial charge in [-0.1, -0.05) is 0 Å². The fraction of sp³-hybridized carbons (Fsp3) is 1.00. The number of hydrogen-bond acceptors (Lipinski definition) is 4. The average molecular weight is 268 g/mol. The van der Waals surface area contributed by atoms with Gasteiger partial charge in [0.05, 0.1) is 18.3 Å². The van der Waals surface area contributed by atoms with Gasteiger partial charge in [-0.2, -0.15) is 0 Å². The summed E-state index contributed by atoms with van der Waals surface area (Å²) in [6.07, 6.45) is 5.44. The fourth-order valence-electron chi connectivity index (χ4n) is 3.79. The molecule has 110 valence electrons. The summed E-state index contributed by atoms with van der Waals surface area (Å²) in [5, 5.41) is 0. The molecule has 0 unspecified atom stereocenters. The largest absolute Gasteiger partial charge is 0.381 e. The number of methoxy groups -OCH3 is 1. The van der Waals surface area contributed by atoms with E-state index in [0.29, 0.717) is 6.10 Å². The molecule has 4 heteroatoms. The van der Waals surface area contributed by atoms with E-state index < -0.39 is 0 Å². The SMILES string of the molecule is COC1CC(CN2CCOC3(CCN(C)CC3)C2)C1. The van der Waals surface area contributed by atoms with Crippen molar-refractivity contribution in [1.29, 1.82) is 0 Å².